The molecule has 1 fully saturated rings. The van der Waals surface area contributed by atoms with Crippen LogP contribution in [0.3, 0.4) is 0 Å². The molecule has 1 aromatic rings. The summed E-state index contributed by atoms with van der Waals surface area (Å²) in [6, 6.07) is 4.70. The maximum absolute atomic E-state index is 13.9. The average molecular weight is 282 g/mol. The molecule has 20 heavy (non-hydrogen) atoms. The molecule has 0 amide bonds. The van der Waals surface area contributed by atoms with Crippen molar-refractivity contribution in [3.63, 3.8) is 0 Å². The first kappa shape index (κ1) is 15.2. The summed E-state index contributed by atoms with van der Waals surface area (Å²) in [4.78, 5) is 0. The van der Waals surface area contributed by atoms with Crippen molar-refractivity contribution in [3.05, 3.63) is 29.6 Å². The highest BCUT2D eigenvalue weighted by Crippen LogP contribution is 2.41. The molecular formula is C15H23FN2O2. The van der Waals surface area contributed by atoms with Crippen molar-refractivity contribution in [1.82, 2.24) is 5.43 Å². The smallest absolute Gasteiger partial charge is 0.165 e. The Morgan fingerprint density at radius 2 is 1.95 bits per heavy atom. The molecule has 0 saturated heterocycles. The van der Waals surface area contributed by atoms with Crippen LogP contribution in [0.4, 0.5) is 4.39 Å². The van der Waals surface area contributed by atoms with E-state index in [-0.39, 0.29) is 23.2 Å². The lowest BCUT2D eigenvalue weighted by Crippen LogP contribution is -2.49. The van der Waals surface area contributed by atoms with Gasteiger partial charge in [0.05, 0.1) is 18.8 Å². The first-order chi connectivity index (χ1) is 9.66. The molecule has 1 atom stereocenters. The second-order valence-corrected chi connectivity index (χ2v) is 5.32. The van der Waals surface area contributed by atoms with Crippen LogP contribution in [-0.2, 0) is 4.74 Å². The van der Waals surface area contributed by atoms with Gasteiger partial charge in [0.2, 0.25) is 0 Å². The van der Waals surface area contributed by atoms with E-state index in [0.717, 1.165) is 31.2 Å². The van der Waals surface area contributed by atoms with Crippen molar-refractivity contribution < 1.29 is 13.9 Å². The van der Waals surface area contributed by atoms with Crippen LogP contribution >= 0.6 is 0 Å². The summed E-state index contributed by atoms with van der Waals surface area (Å²) in [5.74, 6) is 5.59. The number of nitrogens with one attached hydrogen (secondary N) is 1. The molecule has 0 aliphatic heterocycles. The van der Waals surface area contributed by atoms with E-state index >= 15 is 0 Å². The predicted octanol–water partition coefficient (Wildman–Crippen LogP) is 2.69. The third kappa shape index (κ3) is 2.80. The minimum absolute atomic E-state index is 0.229. The third-order valence-electron chi connectivity index (χ3n) is 4.31. The molecule has 3 N–H and O–H groups in total. The van der Waals surface area contributed by atoms with Gasteiger partial charge in [-0.3, -0.25) is 11.3 Å². The normalized spacial score (nSPS) is 19.6. The first-order valence-electron chi connectivity index (χ1n) is 7.01. The monoisotopic (exact) mass is 282 g/mol. The molecule has 1 aromatic carbocycles. The van der Waals surface area contributed by atoms with Crippen LogP contribution in [0.2, 0.25) is 0 Å². The first-order valence-corrected chi connectivity index (χ1v) is 7.01. The van der Waals surface area contributed by atoms with Gasteiger partial charge in [-0.15, -0.1) is 0 Å². The molecule has 4 nitrogen and oxygen atoms in total. The second kappa shape index (κ2) is 6.52. The van der Waals surface area contributed by atoms with Crippen molar-refractivity contribution >= 4 is 0 Å². The molecule has 5 heteroatoms. The fourth-order valence-corrected chi connectivity index (χ4v) is 3.17. The lowest BCUT2D eigenvalue weighted by atomic mass is 9.77. The Morgan fingerprint density at radius 3 is 2.45 bits per heavy atom. The summed E-state index contributed by atoms with van der Waals surface area (Å²) >= 11 is 0. The largest absolute Gasteiger partial charge is 0.494 e. The van der Waals surface area contributed by atoms with E-state index in [1.807, 2.05) is 6.07 Å². The Morgan fingerprint density at radius 1 is 1.25 bits per heavy atom. The van der Waals surface area contributed by atoms with Gasteiger partial charge >= 0.3 is 0 Å². The van der Waals surface area contributed by atoms with Crippen molar-refractivity contribution in [2.75, 3.05) is 14.2 Å². The zero-order valence-corrected chi connectivity index (χ0v) is 12.1. The van der Waals surface area contributed by atoms with E-state index in [4.69, 9.17) is 15.3 Å². The van der Waals surface area contributed by atoms with Crippen LogP contribution in [0.5, 0.6) is 5.75 Å². The zero-order chi connectivity index (χ0) is 14.6. The predicted molar refractivity (Wildman–Crippen MR) is 75.8 cm³/mol. The maximum Gasteiger partial charge on any atom is 0.165 e. The lowest BCUT2D eigenvalue weighted by molar-refractivity contribution is -0.0689. The third-order valence-corrected chi connectivity index (χ3v) is 4.31. The van der Waals surface area contributed by atoms with E-state index in [9.17, 15) is 4.39 Å². The quantitative estimate of drug-likeness (QED) is 0.644. The van der Waals surface area contributed by atoms with Crippen LogP contribution in [0.1, 0.15) is 43.7 Å². The van der Waals surface area contributed by atoms with Crippen LogP contribution in [-0.4, -0.2) is 19.8 Å². The number of methoxy groups -OCH3 is 2. The standard InChI is InChI=1S/C15H23FN2O2/c1-19-13-7-6-11(10-12(13)16)14(18-17)15(20-2)8-4-3-5-9-15/h6-7,10,14,18H,3-5,8-9,17H2,1-2H3. The van der Waals surface area contributed by atoms with Gasteiger partial charge in [-0.05, 0) is 30.5 Å². The van der Waals surface area contributed by atoms with Crippen molar-refractivity contribution in [1.29, 1.82) is 0 Å². The van der Waals surface area contributed by atoms with E-state index in [0.29, 0.717) is 0 Å². The SMILES string of the molecule is COc1ccc(C(NN)C2(OC)CCCCC2)cc1F. The highest BCUT2D eigenvalue weighted by molar-refractivity contribution is 5.32. The molecular weight excluding hydrogens is 259 g/mol. The van der Waals surface area contributed by atoms with Gasteiger partial charge < -0.3 is 9.47 Å². The zero-order valence-electron chi connectivity index (χ0n) is 12.1. The molecule has 0 radical (unpaired) electrons. The molecule has 0 bridgehead atoms. The van der Waals surface area contributed by atoms with Crippen molar-refractivity contribution in [2.24, 2.45) is 5.84 Å². The highest BCUT2D eigenvalue weighted by atomic mass is 19.1. The van der Waals surface area contributed by atoms with E-state index < -0.39 is 0 Å². The van der Waals surface area contributed by atoms with Crippen molar-refractivity contribution in [2.45, 2.75) is 43.7 Å². The van der Waals surface area contributed by atoms with Gasteiger partial charge in [-0.2, -0.15) is 0 Å². The Labute approximate surface area is 119 Å². The molecule has 2 rings (SSSR count). The molecule has 112 valence electrons. The van der Waals surface area contributed by atoms with Gasteiger partial charge in [0, 0.05) is 7.11 Å². The topological polar surface area (TPSA) is 56.5 Å². The van der Waals surface area contributed by atoms with Crippen LogP contribution in [0, 0.1) is 5.82 Å². The van der Waals surface area contributed by atoms with Gasteiger partial charge in [0.1, 0.15) is 0 Å². The minimum atomic E-state index is -0.382. The number of benzene rings is 1. The van der Waals surface area contributed by atoms with Crippen molar-refractivity contribution in [3.8, 4) is 5.75 Å². The number of halogens is 1. The summed E-state index contributed by atoms with van der Waals surface area (Å²) in [6.07, 6.45) is 5.26. The molecule has 1 saturated carbocycles. The molecule has 0 aromatic heterocycles. The Hall–Kier alpha value is -1.17. The Kier molecular flexibility index (Phi) is 4.96. The Bertz CT molecular complexity index is 447. The molecule has 1 unspecified atom stereocenters. The Balaban J connectivity index is 2.33. The highest BCUT2D eigenvalue weighted by Gasteiger charge is 2.40. The summed E-state index contributed by atoms with van der Waals surface area (Å²) < 4.78 is 24.6. The van der Waals surface area contributed by atoms with Crippen LogP contribution < -0.4 is 16.0 Å². The summed E-state index contributed by atoms with van der Waals surface area (Å²) in [5, 5.41) is 0. The number of hydrogen-bond acceptors (Lipinski definition) is 4. The van der Waals surface area contributed by atoms with Crippen LogP contribution in [0.15, 0.2) is 18.2 Å². The number of hydrogen-bond donors (Lipinski definition) is 2. The number of hydrazine groups is 1. The number of ether oxygens (including phenoxy) is 2. The van der Waals surface area contributed by atoms with Gasteiger partial charge in [0.15, 0.2) is 11.6 Å². The average Bonchev–Trinajstić information content (AvgIpc) is 2.49. The maximum atomic E-state index is 13.9. The summed E-state index contributed by atoms with van der Waals surface area (Å²) in [5.41, 5.74) is 3.23. The van der Waals surface area contributed by atoms with Gasteiger partial charge in [-0.25, -0.2) is 4.39 Å². The minimum Gasteiger partial charge on any atom is -0.494 e. The van der Waals surface area contributed by atoms with E-state index in [2.05, 4.69) is 5.43 Å². The summed E-state index contributed by atoms with van der Waals surface area (Å²) in [6.45, 7) is 0. The number of nitrogens with two attached hydrogens (primary N) is 1. The second-order valence-electron chi connectivity index (χ2n) is 5.32. The fraction of sp³-hybridized carbons (Fsp3) is 0.600. The lowest BCUT2D eigenvalue weighted by Gasteiger charge is -2.42. The number of rotatable bonds is 5. The van der Waals surface area contributed by atoms with Gasteiger partial charge in [0.25, 0.3) is 0 Å². The molecule has 1 aliphatic rings. The summed E-state index contributed by atoms with van der Waals surface area (Å²) in [7, 11) is 3.16. The van der Waals surface area contributed by atoms with E-state index in [1.54, 1.807) is 13.2 Å². The van der Waals surface area contributed by atoms with Gasteiger partial charge in [-0.1, -0.05) is 25.3 Å². The van der Waals surface area contributed by atoms with Crippen LogP contribution in [0.25, 0.3) is 0 Å². The molecule has 1 aliphatic carbocycles. The fourth-order valence-electron chi connectivity index (χ4n) is 3.17. The van der Waals surface area contributed by atoms with E-state index in [1.165, 1.54) is 19.6 Å². The molecule has 0 heterocycles. The molecule has 0 spiro atoms.